The SMILES string of the molecule is CCNC(c1c(F)cccc1F)C(OCC)C(C)C. The summed E-state index contributed by atoms with van der Waals surface area (Å²) in [5.74, 6) is -0.907. The Morgan fingerprint density at radius 3 is 2.16 bits per heavy atom. The first-order valence-corrected chi connectivity index (χ1v) is 6.81. The Kier molecular flexibility index (Phi) is 6.38. The molecule has 0 saturated heterocycles. The van der Waals surface area contributed by atoms with Crippen LogP contribution in [0.25, 0.3) is 0 Å². The summed E-state index contributed by atoms with van der Waals surface area (Å²) in [5.41, 5.74) is 0.0662. The first-order valence-electron chi connectivity index (χ1n) is 6.81. The summed E-state index contributed by atoms with van der Waals surface area (Å²) in [4.78, 5) is 0. The topological polar surface area (TPSA) is 21.3 Å². The predicted octanol–water partition coefficient (Wildman–Crippen LogP) is 3.68. The van der Waals surface area contributed by atoms with Crippen LogP contribution in [-0.4, -0.2) is 19.3 Å². The first kappa shape index (κ1) is 16.1. The molecular weight excluding hydrogens is 248 g/mol. The van der Waals surface area contributed by atoms with Gasteiger partial charge in [-0.3, -0.25) is 0 Å². The zero-order valence-electron chi connectivity index (χ0n) is 12.0. The van der Waals surface area contributed by atoms with Crippen molar-refractivity contribution >= 4 is 0 Å². The molecule has 2 nitrogen and oxygen atoms in total. The first-order chi connectivity index (χ1) is 9.02. The minimum atomic E-state index is -0.531. The van der Waals surface area contributed by atoms with Crippen LogP contribution in [0, 0.1) is 17.6 Å². The molecule has 0 saturated carbocycles. The molecule has 2 unspecified atom stereocenters. The monoisotopic (exact) mass is 271 g/mol. The van der Waals surface area contributed by atoms with Gasteiger partial charge in [-0.15, -0.1) is 0 Å². The van der Waals surface area contributed by atoms with E-state index < -0.39 is 17.7 Å². The second kappa shape index (κ2) is 7.56. The van der Waals surface area contributed by atoms with Crippen molar-refractivity contribution in [1.29, 1.82) is 0 Å². The minimum Gasteiger partial charge on any atom is -0.376 e. The molecule has 0 aromatic heterocycles. The molecule has 1 rings (SSSR count). The van der Waals surface area contributed by atoms with Crippen LogP contribution < -0.4 is 5.32 Å². The summed E-state index contributed by atoms with van der Waals surface area (Å²) in [6, 6.07) is 3.46. The largest absolute Gasteiger partial charge is 0.376 e. The lowest BCUT2D eigenvalue weighted by molar-refractivity contribution is 0.00150. The van der Waals surface area contributed by atoms with Gasteiger partial charge >= 0.3 is 0 Å². The highest BCUT2D eigenvalue weighted by Crippen LogP contribution is 2.28. The Hall–Kier alpha value is -1.00. The van der Waals surface area contributed by atoms with Crippen molar-refractivity contribution in [3.05, 3.63) is 35.4 Å². The zero-order chi connectivity index (χ0) is 14.4. The van der Waals surface area contributed by atoms with Gasteiger partial charge in [-0.2, -0.15) is 0 Å². The molecule has 0 fully saturated rings. The van der Waals surface area contributed by atoms with Crippen LogP contribution in [0.2, 0.25) is 0 Å². The van der Waals surface area contributed by atoms with Gasteiger partial charge in [-0.1, -0.05) is 26.8 Å². The molecule has 0 aliphatic heterocycles. The normalized spacial score (nSPS) is 14.7. The van der Waals surface area contributed by atoms with E-state index in [2.05, 4.69) is 5.32 Å². The summed E-state index contributed by atoms with van der Waals surface area (Å²) in [5, 5.41) is 3.14. The van der Waals surface area contributed by atoms with Crippen LogP contribution >= 0.6 is 0 Å². The summed E-state index contributed by atoms with van der Waals surface area (Å²) < 4.78 is 33.6. The van der Waals surface area contributed by atoms with E-state index in [1.165, 1.54) is 18.2 Å². The fraction of sp³-hybridized carbons (Fsp3) is 0.600. The van der Waals surface area contributed by atoms with Crippen molar-refractivity contribution in [1.82, 2.24) is 5.32 Å². The van der Waals surface area contributed by atoms with Gasteiger partial charge in [0.1, 0.15) is 11.6 Å². The minimum absolute atomic E-state index is 0.0662. The number of hydrogen-bond acceptors (Lipinski definition) is 2. The van der Waals surface area contributed by atoms with Gasteiger partial charge in [0.2, 0.25) is 0 Å². The van der Waals surface area contributed by atoms with E-state index in [0.29, 0.717) is 13.2 Å². The van der Waals surface area contributed by atoms with Crippen molar-refractivity contribution in [2.24, 2.45) is 5.92 Å². The number of benzene rings is 1. The lowest BCUT2D eigenvalue weighted by atomic mass is 9.92. The summed E-state index contributed by atoms with van der Waals surface area (Å²) in [6.07, 6.45) is -0.267. The Bertz CT molecular complexity index is 375. The maximum absolute atomic E-state index is 14.0. The highest BCUT2D eigenvalue weighted by atomic mass is 19.1. The van der Waals surface area contributed by atoms with Crippen LogP contribution in [0.5, 0.6) is 0 Å². The van der Waals surface area contributed by atoms with Crippen LogP contribution in [0.1, 0.15) is 39.3 Å². The summed E-state index contributed by atoms with van der Waals surface area (Å²) in [7, 11) is 0. The number of nitrogens with one attached hydrogen (secondary N) is 1. The molecule has 108 valence electrons. The van der Waals surface area contributed by atoms with E-state index in [1.54, 1.807) is 0 Å². The van der Waals surface area contributed by atoms with E-state index >= 15 is 0 Å². The molecule has 0 aliphatic carbocycles. The summed E-state index contributed by atoms with van der Waals surface area (Å²) >= 11 is 0. The Balaban J connectivity index is 3.17. The molecule has 0 heterocycles. The number of ether oxygens (including phenoxy) is 1. The van der Waals surface area contributed by atoms with Crippen molar-refractivity contribution in [2.45, 2.75) is 39.8 Å². The number of hydrogen-bond donors (Lipinski definition) is 1. The average molecular weight is 271 g/mol. The third-order valence-electron chi connectivity index (χ3n) is 3.08. The van der Waals surface area contributed by atoms with E-state index in [-0.39, 0.29) is 17.6 Å². The van der Waals surface area contributed by atoms with Crippen molar-refractivity contribution in [3.8, 4) is 0 Å². The fourth-order valence-electron chi connectivity index (χ4n) is 2.28. The van der Waals surface area contributed by atoms with Crippen molar-refractivity contribution in [2.75, 3.05) is 13.2 Å². The second-order valence-electron chi connectivity index (χ2n) is 4.83. The molecule has 19 heavy (non-hydrogen) atoms. The van der Waals surface area contributed by atoms with Crippen molar-refractivity contribution in [3.63, 3.8) is 0 Å². The van der Waals surface area contributed by atoms with Gasteiger partial charge in [0.15, 0.2) is 0 Å². The summed E-state index contributed by atoms with van der Waals surface area (Å²) in [6.45, 7) is 8.91. The standard InChI is InChI=1S/C15H23F2NO/c1-5-18-14(15(10(3)4)19-6-2)13-11(16)8-7-9-12(13)17/h7-10,14-15,18H,5-6H2,1-4H3. The number of likely N-dealkylation sites (N-methyl/N-ethyl adjacent to an activating group) is 1. The molecule has 1 N–H and O–H groups in total. The highest BCUT2D eigenvalue weighted by Gasteiger charge is 2.30. The highest BCUT2D eigenvalue weighted by molar-refractivity contribution is 5.24. The van der Waals surface area contributed by atoms with Crippen LogP contribution in [0.15, 0.2) is 18.2 Å². The van der Waals surface area contributed by atoms with Gasteiger partial charge in [0.25, 0.3) is 0 Å². The van der Waals surface area contributed by atoms with Crippen molar-refractivity contribution < 1.29 is 13.5 Å². The molecule has 2 atom stereocenters. The molecule has 0 bridgehead atoms. The lowest BCUT2D eigenvalue weighted by Gasteiger charge is -2.31. The van der Waals surface area contributed by atoms with Crippen LogP contribution in [0.4, 0.5) is 8.78 Å². The molecular formula is C15H23F2NO. The van der Waals surface area contributed by atoms with E-state index in [1.807, 2.05) is 27.7 Å². The van der Waals surface area contributed by atoms with E-state index in [0.717, 1.165) is 0 Å². The third-order valence-corrected chi connectivity index (χ3v) is 3.08. The maximum Gasteiger partial charge on any atom is 0.131 e. The molecule has 1 aromatic carbocycles. The quantitative estimate of drug-likeness (QED) is 0.817. The predicted molar refractivity (Wildman–Crippen MR) is 73.0 cm³/mol. The molecule has 0 spiro atoms. The van der Waals surface area contributed by atoms with Gasteiger partial charge in [-0.05, 0) is 31.5 Å². The van der Waals surface area contributed by atoms with Crippen LogP contribution in [0.3, 0.4) is 0 Å². The molecule has 0 radical (unpaired) electrons. The lowest BCUT2D eigenvalue weighted by Crippen LogP contribution is -2.38. The zero-order valence-corrected chi connectivity index (χ0v) is 12.0. The average Bonchev–Trinajstić information content (AvgIpc) is 2.34. The van der Waals surface area contributed by atoms with Crippen LogP contribution in [-0.2, 0) is 4.74 Å². The fourth-order valence-corrected chi connectivity index (χ4v) is 2.28. The second-order valence-corrected chi connectivity index (χ2v) is 4.83. The number of rotatable bonds is 7. The molecule has 0 amide bonds. The van der Waals surface area contributed by atoms with Gasteiger partial charge in [0.05, 0.1) is 12.1 Å². The smallest absolute Gasteiger partial charge is 0.131 e. The van der Waals surface area contributed by atoms with Gasteiger partial charge in [0, 0.05) is 12.2 Å². The maximum atomic E-state index is 14.0. The molecule has 1 aromatic rings. The van der Waals surface area contributed by atoms with E-state index in [9.17, 15) is 8.78 Å². The van der Waals surface area contributed by atoms with Gasteiger partial charge in [-0.25, -0.2) is 8.78 Å². The Morgan fingerprint density at radius 1 is 1.16 bits per heavy atom. The third kappa shape index (κ3) is 3.98. The Morgan fingerprint density at radius 2 is 1.74 bits per heavy atom. The number of halogens is 2. The Labute approximate surface area is 114 Å². The van der Waals surface area contributed by atoms with E-state index in [4.69, 9.17) is 4.74 Å². The molecule has 4 heteroatoms. The molecule has 0 aliphatic rings. The van der Waals surface area contributed by atoms with Gasteiger partial charge < -0.3 is 10.1 Å².